The number of hydrogen-bond donors (Lipinski definition) is 1. The molecule has 0 atom stereocenters. The Morgan fingerprint density at radius 1 is 1.35 bits per heavy atom. The van der Waals surface area contributed by atoms with Gasteiger partial charge in [0.05, 0.1) is 18.8 Å². The first kappa shape index (κ1) is 15.0. The third-order valence-electron chi connectivity index (χ3n) is 3.22. The van der Waals surface area contributed by atoms with Crippen LogP contribution in [0.25, 0.3) is 0 Å². The average molecular weight is 280 g/mol. The van der Waals surface area contributed by atoms with Gasteiger partial charge in [0.15, 0.2) is 0 Å². The van der Waals surface area contributed by atoms with Crippen molar-refractivity contribution in [2.45, 2.75) is 38.9 Å². The second-order valence-corrected chi connectivity index (χ2v) is 5.23. The second-order valence-electron chi connectivity index (χ2n) is 5.23. The fourth-order valence-corrected chi connectivity index (χ4v) is 2.30. The molecule has 0 spiro atoms. The van der Waals surface area contributed by atoms with Crippen LogP contribution in [0, 0.1) is 0 Å². The molecule has 0 unspecified atom stereocenters. The van der Waals surface area contributed by atoms with Crippen LogP contribution in [0.1, 0.15) is 26.7 Å². The number of ether oxygens (including phenoxy) is 2. The molecule has 0 saturated carbocycles. The highest BCUT2D eigenvalue weighted by Gasteiger charge is 2.20. The third-order valence-corrected chi connectivity index (χ3v) is 3.22. The summed E-state index contributed by atoms with van der Waals surface area (Å²) in [5.41, 5.74) is 5.45. The molecule has 0 bridgehead atoms. The summed E-state index contributed by atoms with van der Waals surface area (Å²) >= 11 is 0. The van der Waals surface area contributed by atoms with Gasteiger partial charge in [-0.05, 0) is 26.7 Å². The van der Waals surface area contributed by atoms with Crippen LogP contribution in [0.5, 0.6) is 5.88 Å². The molecule has 6 heteroatoms. The van der Waals surface area contributed by atoms with Gasteiger partial charge in [-0.2, -0.15) is 0 Å². The second kappa shape index (κ2) is 7.40. The SMILES string of the molecule is CC(C)Oc1cc(N2CCC(OCCN)CC2)ncn1. The van der Waals surface area contributed by atoms with Crippen LogP contribution >= 0.6 is 0 Å². The third kappa shape index (κ3) is 4.31. The zero-order valence-corrected chi connectivity index (χ0v) is 12.3. The molecule has 6 nitrogen and oxygen atoms in total. The number of piperidine rings is 1. The van der Waals surface area contributed by atoms with Crippen molar-refractivity contribution in [2.24, 2.45) is 5.73 Å². The van der Waals surface area contributed by atoms with Crippen LogP contribution in [0.4, 0.5) is 5.82 Å². The normalized spacial score (nSPS) is 16.7. The van der Waals surface area contributed by atoms with Gasteiger partial charge in [0, 0.05) is 25.7 Å². The summed E-state index contributed by atoms with van der Waals surface area (Å²) in [6, 6.07) is 1.90. The molecule has 0 aromatic carbocycles. The van der Waals surface area contributed by atoms with Crippen LogP contribution in [0.15, 0.2) is 12.4 Å². The van der Waals surface area contributed by atoms with Crippen LogP contribution in [-0.2, 0) is 4.74 Å². The Morgan fingerprint density at radius 3 is 2.75 bits per heavy atom. The topological polar surface area (TPSA) is 73.5 Å². The number of nitrogens with two attached hydrogens (primary N) is 1. The molecule has 1 aromatic rings. The maximum atomic E-state index is 5.68. The predicted octanol–water partition coefficient (Wildman–Crippen LogP) is 1.21. The van der Waals surface area contributed by atoms with Crippen molar-refractivity contribution in [3.05, 3.63) is 12.4 Å². The molecular formula is C14H24N4O2. The average Bonchev–Trinajstić information content (AvgIpc) is 2.45. The van der Waals surface area contributed by atoms with E-state index in [2.05, 4.69) is 14.9 Å². The molecule has 20 heavy (non-hydrogen) atoms. The molecule has 0 amide bonds. The summed E-state index contributed by atoms with van der Waals surface area (Å²) in [4.78, 5) is 10.7. The summed E-state index contributed by atoms with van der Waals surface area (Å²) < 4.78 is 11.3. The highest BCUT2D eigenvalue weighted by Crippen LogP contribution is 2.22. The molecule has 112 valence electrons. The van der Waals surface area contributed by atoms with E-state index in [1.54, 1.807) is 6.33 Å². The molecule has 2 N–H and O–H groups in total. The van der Waals surface area contributed by atoms with Gasteiger partial charge in [-0.3, -0.25) is 0 Å². The van der Waals surface area contributed by atoms with Crippen molar-refractivity contribution in [1.29, 1.82) is 0 Å². The monoisotopic (exact) mass is 280 g/mol. The maximum absolute atomic E-state index is 5.68. The summed E-state index contributed by atoms with van der Waals surface area (Å²) in [6.45, 7) is 7.08. The van der Waals surface area contributed by atoms with Gasteiger partial charge in [-0.15, -0.1) is 0 Å². The van der Waals surface area contributed by atoms with Crippen molar-refractivity contribution in [3.8, 4) is 5.88 Å². The Kier molecular flexibility index (Phi) is 5.55. The van der Waals surface area contributed by atoms with E-state index >= 15 is 0 Å². The van der Waals surface area contributed by atoms with E-state index in [-0.39, 0.29) is 6.10 Å². The molecule has 1 aliphatic heterocycles. The Balaban J connectivity index is 1.89. The number of rotatable bonds is 6. The fraction of sp³-hybridized carbons (Fsp3) is 0.714. The predicted molar refractivity (Wildman–Crippen MR) is 78.0 cm³/mol. The van der Waals surface area contributed by atoms with Gasteiger partial charge < -0.3 is 20.1 Å². The van der Waals surface area contributed by atoms with Crippen molar-refractivity contribution in [1.82, 2.24) is 9.97 Å². The molecule has 1 fully saturated rings. The summed E-state index contributed by atoms with van der Waals surface area (Å²) in [5, 5.41) is 0. The smallest absolute Gasteiger partial charge is 0.218 e. The molecule has 0 radical (unpaired) electrons. The first-order valence-electron chi connectivity index (χ1n) is 7.24. The van der Waals surface area contributed by atoms with Crippen molar-refractivity contribution < 1.29 is 9.47 Å². The van der Waals surface area contributed by atoms with Gasteiger partial charge >= 0.3 is 0 Å². The van der Waals surface area contributed by atoms with E-state index in [0.29, 0.717) is 25.1 Å². The van der Waals surface area contributed by atoms with E-state index in [0.717, 1.165) is 31.7 Å². The fourth-order valence-electron chi connectivity index (χ4n) is 2.30. The van der Waals surface area contributed by atoms with Gasteiger partial charge in [-0.25, -0.2) is 9.97 Å². The summed E-state index contributed by atoms with van der Waals surface area (Å²) in [5.74, 6) is 1.56. The quantitative estimate of drug-likeness (QED) is 0.844. The minimum absolute atomic E-state index is 0.119. The first-order valence-corrected chi connectivity index (χ1v) is 7.24. The van der Waals surface area contributed by atoms with E-state index in [4.69, 9.17) is 15.2 Å². The molecule has 1 saturated heterocycles. The lowest BCUT2D eigenvalue weighted by Gasteiger charge is -2.32. The summed E-state index contributed by atoms with van der Waals surface area (Å²) in [6.07, 6.45) is 4.01. The van der Waals surface area contributed by atoms with E-state index in [9.17, 15) is 0 Å². The number of hydrogen-bond acceptors (Lipinski definition) is 6. The Hall–Kier alpha value is -1.40. The highest BCUT2D eigenvalue weighted by molar-refractivity contribution is 5.41. The molecule has 2 heterocycles. The Morgan fingerprint density at radius 2 is 2.10 bits per heavy atom. The Bertz CT molecular complexity index is 406. The van der Waals surface area contributed by atoms with Crippen molar-refractivity contribution in [3.63, 3.8) is 0 Å². The van der Waals surface area contributed by atoms with Gasteiger partial charge in [-0.1, -0.05) is 0 Å². The molecule has 0 aliphatic carbocycles. The van der Waals surface area contributed by atoms with Crippen LogP contribution in [0.2, 0.25) is 0 Å². The lowest BCUT2D eigenvalue weighted by atomic mass is 10.1. The van der Waals surface area contributed by atoms with Crippen molar-refractivity contribution >= 4 is 5.82 Å². The zero-order chi connectivity index (χ0) is 14.4. The Labute approximate surface area is 120 Å². The van der Waals surface area contributed by atoms with Gasteiger partial charge in [0.2, 0.25) is 5.88 Å². The molecule has 1 aromatic heterocycles. The van der Waals surface area contributed by atoms with Crippen molar-refractivity contribution in [2.75, 3.05) is 31.1 Å². The number of aromatic nitrogens is 2. The van der Waals surface area contributed by atoms with Crippen LogP contribution in [-0.4, -0.2) is 48.4 Å². The summed E-state index contributed by atoms with van der Waals surface area (Å²) in [7, 11) is 0. The first-order chi connectivity index (χ1) is 9.69. The van der Waals surface area contributed by atoms with E-state index < -0.39 is 0 Å². The standard InChI is InChI=1S/C14H24N4O2/c1-11(2)20-14-9-13(16-10-17-14)18-6-3-12(4-7-18)19-8-5-15/h9-12H,3-8,15H2,1-2H3. The maximum Gasteiger partial charge on any atom is 0.218 e. The minimum atomic E-state index is 0.119. The van der Waals surface area contributed by atoms with E-state index in [1.807, 2.05) is 19.9 Å². The van der Waals surface area contributed by atoms with Crippen LogP contribution in [0.3, 0.4) is 0 Å². The number of anilines is 1. The lowest BCUT2D eigenvalue weighted by Crippen LogP contribution is -2.38. The van der Waals surface area contributed by atoms with Gasteiger partial charge in [0.25, 0.3) is 0 Å². The zero-order valence-electron chi connectivity index (χ0n) is 12.3. The lowest BCUT2D eigenvalue weighted by molar-refractivity contribution is 0.0421. The molecular weight excluding hydrogens is 256 g/mol. The highest BCUT2D eigenvalue weighted by atomic mass is 16.5. The van der Waals surface area contributed by atoms with E-state index in [1.165, 1.54) is 0 Å². The largest absolute Gasteiger partial charge is 0.475 e. The molecule has 2 rings (SSSR count). The molecule has 1 aliphatic rings. The minimum Gasteiger partial charge on any atom is -0.475 e. The van der Waals surface area contributed by atoms with Gasteiger partial charge in [0.1, 0.15) is 12.1 Å². The van der Waals surface area contributed by atoms with Crippen LogP contribution < -0.4 is 15.4 Å². The number of nitrogens with zero attached hydrogens (tertiary/aromatic N) is 3.